The van der Waals surface area contributed by atoms with Gasteiger partial charge in [-0.05, 0) is 57.8 Å². The fourth-order valence-electron chi connectivity index (χ4n) is 4.20. The van der Waals surface area contributed by atoms with Crippen molar-refractivity contribution in [1.29, 1.82) is 0 Å². The molecule has 0 aromatic carbocycles. The summed E-state index contributed by atoms with van der Waals surface area (Å²) in [6, 6.07) is 0.174. The molecule has 0 aromatic rings. The van der Waals surface area contributed by atoms with Gasteiger partial charge in [0.25, 0.3) is 0 Å². The molecule has 1 atom stereocenters. The third-order valence-electron chi connectivity index (χ3n) is 5.80. The van der Waals surface area contributed by atoms with Crippen molar-refractivity contribution in [2.75, 3.05) is 52.1 Å². The summed E-state index contributed by atoms with van der Waals surface area (Å²) in [6.45, 7) is 11.7. The van der Waals surface area contributed by atoms with E-state index in [1.807, 2.05) is 0 Å². The van der Waals surface area contributed by atoms with Crippen molar-refractivity contribution in [2.24, 2.45) is 5.92 Å². The molecule has 24 heavy (non-hydrogen) atoms. The van der Waals surface area contributed by atoms with E-state index < -0.39 is 10.0 Å². The van der Waals surface area contributed by atoms with Gasteiger partial charge in [-0.25, -0.2) is 8.42 Å². The molecule has 0 bridgehead atoms. The number of likely N-dealkylation sites (tertiary alicyclic amines) is 2. The molecule has 0 N–H and O–H groups in total. The normalized spacial score (nSPS) is 23.8. The minimum atomic E-state index is -3.12. The molecule has 2 aliphatic heterocycles. The average Bonchev–Trinajstić information content (AvgIpc) is 3.19. The summed E-state index contributed by atoms with van der Waals surface area (Å²) < 4.78 is 26.3. The van der Waals surface area contributed by atoms with Crippen LogP contribution in [0.25, 0.3) is 0 Å². The Hall–Kier alpha value is -0.170. The van der Waals surface area contributed by atoms with E-state index >= 15 is 0 Å². The SMILES string of the molecule is CCC(CC)CN1CCC(N(CCCN2CCCC2)S(C)(=O)=O)C1. The molecule has 142 valence electrons. The van der Waals surface area contributed by atoms with Gasteiger partial charge in [0, 0.05) is 25.7 Å². The maximum atomic E-state index is 12.3. The van der Waals surface area contributed by atoms with E-state index in [9.17, 15) is 8.42 Å². The van der Waals surface area contributed by atoms with Crippen LogP contribution in [-0.2, 0) is 10.0 Å². The Morgan fingerprint density at radius 2 is 1.75 bits per heavy atom. The van der Waals surface area contributed by atoms with Gasteiger partial charge in [0.1, 0.15) is 0 Å². The van der Waals surface area contributed by atoms with Gasteiger partial charge in [0.2, 0.25) is 10.0 Å². The molecule has 2 heterocycles. The van der Waals surface area contributed by atoms with Gasteiger partial charge in [-0.1, -0.05) is 26.7 Å². The zero-order valence-corrected chi connectivity index (χ0v) is 16.7. The molecule has 2 saturated heterocycles. The first kappa shape index (κ1) is 20.1. The maximum Gasteiger partial charge on any atom is 0.211 e. The van der Waals surface area contributed by atoms with Crippen molar-refractivity contribution in [3.63, 3.8) is 0 Å². The van der Waals surface area contributed by atoms with Gasteiger partial charge in [-0.15, -0.1) is 0 Å². The van der Waals surface area contributed by atoms with E-state index in [4.69, 9.17) is 0 Å². The summed E-state index contributed by atoms with van der Waals surface area (Å²) in [5, 5.41) is 0. The van der Waals surface area contributed by atoms with Crippen molar-refractivity contribution in [3.05, 3.63) is 0 Å². The van der Waals surface area contributed by atoms with Crippen LogP contribution in [-0.4, -0.2) is 80.6 Å². The first-order chi connectivity index (χ1) is 11.4. The van der Waals surface area contributed by atoms with Gasteiger partial charge in [0.15, 0.2) is 0 Å². The second-order valence-corrected chi connectivity index (χ2v) is 9.60. The molecule has 2 rings (SSSR count). The summed E-state index contributed by atoms with van der Waals surface area (Å²) in [5.41, 5.74) is 0. The Morgan fingerprint density at radius 3 is 2.33 bits per heavy atom. The average molecular weight is 360 g/mol. The van der Waals surface area contributed by atoms with E-state index in [1.54, 1.807) is 4.31 Å². The largest absolute Gasteiger partial charge is 0.303 e. The van der Waals surface area contributed by atoms with Gasteiger partial charge in [-0.2, -0.15) is 4.31 Å². The molecule has 2 aliphatic rings. The highest BCUT2D eigenvalue weighted by Crippen LogP contribution is 2.21. The number of rotatable bonds is 10. The van der Waals surface area contributed by atoms with Crippen LogP contribution in [0, 0.1) is 5.92 Å². The summed E-state index contributed by atoms with van der Waals surface area (Å²) in [6.07, 6.45) is 8.33. The molecule has 0 amide bonds. The molecule has 0 spiro atoms. The highest BCUT2D eigenvalue weighted by molar-refractivity contribution is 7.88. The van der Waals surface area contributed by atoms with Crippen LogP contribution < -0.4 is 0 Å². The maximum absolute atomic E-state index is 12.3. The first-order valence-electron chi connectivity index (χ1n) is 9.85. The Morgan fingerprint density at radius 1 is 1.08 bits per heavy atom. The van der Waals surface area contributed by atoms with E-state index in [1.165, 1.54) is 45.0 Å². The number of hydrogen-bond acceptors (Lipinski definition) is 4. The number of nitrogens with zero attached hydrogens (tertiary/aromatic N) is 3. The summed E-state index contributed by atoms with van der Waals surface area (Å²) in [7, 11) is -3.12. The molecular formula is C18H37N3O2S. The Bertz CT molecular complexity index is 459. The van der Waals surface area contributed by atoms with E-state index in [0.717, 1.165) is 44.9 Å². The highest BCUT2D eigenvalue weighted by atomic mass is 32.2. The van der Waals surface area contributed by atoms with Gasteiger partial charge in [-0.3, -0.25) is 0 Å². The zero-order chi connectivity index (χ0) is 17.6. The number of hydrogen-bond donors (Lipinski definition) is 0. The van der Waals surface area contributed by atoms with Crippen molar-refractivity contribution in [3.8, 4) is 0 Å². The van der Waals surface area contributed by atoms with Gasteiger partial charge >= 0.3 is 0 Å². The number of sulfonamides is 1. The Kier molecular flexibility index (Phi) is 7.98. The van der Waals surface area contributed by atoms with Crippen molar-refractivity contribution >= 4 is 10.0 Å². The lowest BCUT2D eigenvalue weighted by Gasteiger charge is -2.28. The smallest absolute Gasteiger partial charge is 0.211 e. The van der Waals surface area contributed by atoms with E-state index in [0.29, 0.717) is 6.54 Å². The van der Waals surface area contributed by atoms with Crippen molar-refractivity contribution < 1.29 is 8.42 Å². The molecule has 1 unspecified atom stereocenters. The van der Waals surface area contributed by atoms with Crippen LogP contribution in [0.2, 0.25) is 0 Å². The summed E-state index contributed by atoms with van der Waals surface area (Å²) >= 11 is 0. The topological polar surface area (TPSA) is 43.9 Å². The van der Waals surface area contributed by atoms with E-state index in [2.05, 4.69) is 23.6 Å². The van der Waals surface area contributed by atoms with Crippen molar-refractivity contribution in [2.45, 2.75) is 58.4 Å². The molecule has 6 heteroatoms. The fraction of sp³-hybridized carbons (Fsp3) is 1.00. The summed E-state index contributed by atoms with van der Waals surface area (Å²) in [4.78, 5) is 4.94. The third kappa shape index (κ3) is 5.97. The van der Waals surface area contributed by atoms with E-state index in [-0.39, 0.29) is 6.04 Å². The highest BCUT2D eigenvalue weighted by Gasteiger charge is 2.33. The lowest BCUT2D eigenvalue weighted by molar-refractivity contribution is 0.240. The lowest BCUT2D eigenvalue weighted by Crippen LogP contribution is -2.43. The van der Waals surface area contributed by atoms with Crippen LogP contribution >= 0.6 is 0 Å². The quantitative estimate of drug-likeness (QED) is 0.600. The first-order valence-corrected chi connectivity index (χ1v) is 11.7. The van der Waals surface area contributed by atoms with Crippen LogP contribution in [0.4, 0.5) is 0 Å². The zero-order valence-electron chi connectivity index (χ0n) is 15.9. The third-order valence-corrected chi connectivity index (χ3v) is 7.14. The summed E-state index contributed by atoms with van der Waals surface area (Å²) in [5.74, 6) is 0.741. The van der Waals surface area contributed by atoms with Crippen LogP contribution in [0.3, 0.4) is 0 Å². The monoisotopic (exact) mass is 359 g/mol. The minimum Gasteiger partial charge on any atom is -0.303 e. The Balaban J connectivity index is 1.84. The molecule has 5 nitrogen and oxygen atoms in total. The van der Waals surface area contributed by atoms with Gasteiger partial charge < -0.3 is 9.80 Å². The second kappa shape index (κ2) is 9.51. The minimum absolute atomic E-state index is 0.174. The van der Waals surface area contributed by atoms with Crippen molar-refractivity contribution in [1.82, 2.24) is 14.1 Å². The molecule has 2 fully saturated rings. The predicted molar refractivity (Wildman–Crippen MR) is 101 cm³/mol. The van der Waals surface area contributed by atoms with Crippen LogP contribution in [0.1, 0.15) is 52.4 Å². The molecule has 0 radical (unpaired) electrons. The molecule has 0 aliphatic carbocycles. The molecule has 0 aromatic heterocycles. The van der Waals surface area contributed by atoms with Crippen LogP contribution in [0.5, 0.6) is 0 Å². The lowest BCUT2D eigenvalue weighted by atomic mass is 10.0. The Labute approximate surface area is 149 Å². The predicted octanol–water partition coefficient (Wildman–Crippen LogP) is 2.24. The van der Waals surface area contributed by atoms with Crippen LogP contribution in [0.15, 0.2) is 0 Å². The standard InChI is InChI=1S/C18H37N3O2S/c1-4-17(5-2)15-20-14-9-18(16-20)21(24(3,22)23)13-8-12-19-10-6-7-11-19/h17-18H,4-16H2,1-3H3. The molecule has 0 saturated carbocycles. The second-order valence-electron chi connectivity index (χ2n) is 7.66. The fourth-order valence-corrected chi connectivity index (χ4v) is 5.38. The molecular weight excluding hydrogens is 322 g/mol. The van der Waals surface area contributed by atoms with Gasteiger partial charge in [0.05, 0.1) is 6.26 Å².